The Labute approximate surface area is 104 Å². The van der Waals surface area contributed by atoms with Gasteiger partial charge in [0.1, 0.15) is 5.00 Å². The summed E-state index contributed by atoms with van der Waals surface area (Å²) in [5.74, 6) is -0.0990. The quantitative estimate of drug-likeness (QED) is 0.842. The van der Waals surface area contributed by atoms with Gasteiger partial charge in [-0.2, -0.15) is 0 Å². The molecule has 3 nitrogen and oxygen atoms in total. The fourth-order valence-electron chi connectivity index (χ4n) is 1.35. The van der Waals surface area contributed by atoms with Crippen LogP contribution in [0.3, 0.4) is 0 Å². The third-order valence-electron chi connectivity index (χ3n) is 2.21. The molecule has 0 fully saturated rings. The summed E-state index contributed by atoms with van der Waals surface area (Å²) in [6, 6.07) is 9.76. The summed E-state index contributed by atoms with van der Waals surface area (Å²) in [5.41, 5.74) is 3.38. The molecule has 0 aliphatic heterocycles. The summed E-state index contributed by atoms with van der Waals surface area (Å²) in [6.45, 7) is 1.80. The fraction of sp³-hybridized carbons (Fsp3) is 0.0769. The lowest BCUT2D eigenvalue weighted by Crippen LogP contribution is -2.11. The minimum Gasteiger partial charge on any atom is -0.313 e. The van der Waals surface area contributed by atoms with Crippen molar-refractivity contribution in [2.75, 3.05) is 5.32 Å². The van der Waals surface area contributed by atoms with E-state index in [9.17, 15) is 4.79 Å². The Morgan fingerprint density at radius 1 is 1.35 bits per heavy atom. The molecule has 0 aliphatic rings. The second kappa shape index (κ2) is 5.41. The summed E-state index contributed by atoms with van der Waals surface area (Å²) in [5, 5.41) is 3.55. The zero-order valence-corrected chi connectivity index (χ0v) is 10.2. The number of amides is 1. The van der Waals surface area contributed by atoms with E-state index in [0.717, 1.165) is 10.6 Å². The molecule has 1 amide bonds. The molecule has 0 aliphatic carbocycles. The molecular formula is C13H12N2OS. The number of benzene rings is 1. The number of aromatic nitrogens is 1. The van der Waals surface area contributed by atoms with Crippen molar-refractivity contribution in [2.45, 2.75) is 6.92 Å². The highest BCUT2D eigenvalue weighted by molar-refractivity contribution is 7.14. The highest BCUT2D eigenvalue weighted by atomic mass is 32.1. The number of nitrogens with zero attached hydrogens (tertiary/aromatic N) is 1. The van der Waals surface area contributed by atoms with Crippen LogP contribution in [-0.4, -0.2) is 10.9 Å². The van der Waals surface area contributed by atoms with Gasteiger partial charge in [0, 0.05) is 5.57 Å². The molecule has 0 radical (unpaired) electrons. The molecule has 1 N–H and O–H groups in total. The average molecular weight is 244 g/mol. The van der Waals surface area contributed by atoms with Gasteiger partial charge in [-0.05, 0) is 18.6 Å². The van der Waals surface area contributed by atoms with Crippen LogP contribution in [0.1, 0.15) is 12.5 Å². The molecule has 0 saturated heterocycles. The Hall–Kier alpha value is -1.94. The standard InChI is InChI=1S/C13H12N2OS/c1-10(7-11-5-3-2-4-6-11)13(16)15-12-8-14-9-17-12/h2-9H,1H3,(H,15,16)/b10-7+. The minimum atomic E-state index is -0.0990. The first-order valence-electron chi connectivity index (χ1n) is 5.19. The molecule has 0 atom stereocenters. The summed E-state index contributed by atoms with van der Waals surface area (Å²) in [6.07, 6.45) is 3.49. The van der Waals surface area contributed by atoms with Gasteiger partial charge in [-0.15, -0.1) is 11.3 Å². The molecule has 0 unspecified atom stereocenters. The normalized spacial score (nSPS) is 11.2. The Balaban J connectivity index is 2.07. The lowest BCUT2D eigenvalue weighted by Gasteiger charge is -2.02. The van der Waals surface area contributed by atoms with Gasteiger partial charge in [0.25, 0.3) is 5.91 Å². The Kier molecular flexibility index (Phi) is 3.67. The molecule has 4 heteroatoms. The van der Waals surface area contributed by atoms with Gasteiger partial charge < -0.3 is 5.32 Å². The van der Waals surface area contributed by atoms with Crippen LogP contribution >= 0.6 is 11.3 Å². The molecule has 2 rings (SSSR count). The van der Waals surface area contributed by atoms with Crippen LogP contribution in [0.15, 0.2) is 47.6 Å². The molecule has 2 aromatic rings. The summed E-state index contributed by atoms with van der Waals surface area (Å²) in [4.78, 5) is 15.7. The van der Waals surface area contributed by atoms with E-state index in [1.54, 1.807) is 18.6 Å². The SMILES string of the molecule is C/C(=C\c1ccccc1)C(=O)Nc1cncs1. The molecule has 0 spiro atoms. The molecular weight excluding hydrogens is 232 g/mol. The smallest absolute Gasteiger partial charge is 0.251 e. The third kappa shape index (κ3) is 3.26. The van der Waals surface area contributed by atoms with Gasteiger partial charge in [-0.3, -0.25) is 9.78 Å². The van der Waals surface area contributed by atoms with Crippen LogP contribution in [0.5, 0.6) is 0 Å². The second-order valence-corrected chi connectivity index (χ2v) is 4.44. The number of rotatable bonds is 3. The largest absolute Gasteiger partial charge is 0.313 e. The number of hydrogen-bond donors (Lipinski definition) is 1. The Bertz CT molecular complexity index is 518. The fourth-order valence-corrected chi connectivity index (χ4v) is 1.86. The van der Waals surface area contributed by atoms with Crippen molar-refractivity contribution >= 4 is 28.3 Å². The second-order valence-electron chi connectivity index (χ2n) is 3.56. The third-order valence-corrected chi connectivity index (χ3v) is 2.90. The number of hydrogen-bond acceptors (Lipinski definition) is 3. The van der Waals surface area contributed by atoms with Gasteiger partial charge in [0.2, 0.25) is 0 Å². The maximum absolute atomic E-state index is 11.8. The van der Waals surface area contributed by atoms with E-state index in [2.05, 4.69) is 10.3 Å². The van der Waals surface area contributed by atoms with Gasteiger partial charge in [0.15, 0.2) is 0 Å². The number of nitrogens with one attached hydrogen (secondary N) is 1. The van der Waals surface area contributed by atoms with Crippen molar-refractivity contribution in [3.05, 3.63) is 53.2 Å². The van der Waals surface area contributed by atoms with Crippen molar-refractivity contribution in [3.63, 3.8) is 0 Å². The van der Waals surface area contributed by atoms with Crippen molar-refractivity contribution in [3.8, 4) is 0 Å². The number of thiazole rings is 1. The summed E-state index contributed by atoms with van der Waals surface area (Å²) in [7, 11) is 0. The topological polar surface area (TPSA) is 42.0 Å². The van der Waals surface area contributed by atoms with Gasteiger partial charge in [0.05, 0.1) is 11.7 Å². The van der Waals surface area contributed by atoms with E-state index in [0.29, 0.717) is 5.57 Å². The van der Waals surface area contributed by atoms with Gasteiger partial charge in [-0.1, -0.05) is 30.3 Å². The highest BCUT2D eigenvalue weighted by Gasteiger charge is 2.05. The summed E-state index contributed by atoms with van der Waals surface area (Å²) >= 11 is 1.40. The zero-order chi connectivity index (χ0) is 12.1. The van der Waals surface area contributed by atoms with E-state index >= 15 is 0 Å². The molecule has 1 aromatic heterocycles. The van der Waals surface area contributed by atoms with Crippen LogP contribution in [0.25, 0.3) is 6.08 Å². The maximum Gasteiger partial charge on any atom is 0.251 e. The monoisotopic (exact) mass is 244 g/mol. The van der Waals surface area contributed by atoms with Crippen LogP contribution in [0.2, 0.25) is 0 Å². The zero-order valence-electron chi connectivity index (χ0n) is 9.38. The first-order chi connectivity index (χ1) is 8.25. The number of carbonyl (C=O) groups excluding carboxylic acids is 1. The summed E-state index contributed by atoms with van der Waals surface area (Å²) < 4.78 is 0. The van der Waals surface area contributed by atoms with E-state index in [-0.39, 0.29) is 5.91 Å². The van der Waals surface area contributed by atoms with Gasteiger partial charge >= 0.3 is 0 Å². The van der Waals surface area contributed by atoms with Gasteiger partial charge in [-0.25, -0.2) is 0 Å². The Morgan fingerprint density at radius 2 is 2.12 bits per heavy atom. The first kappa shape index (κ1) is 11.5. The van der Waals surface area contributed by atoms with Crippen LogP contribution in [0.4, 0.5) is 5.00 Å². The Morgan fingerprint density at radius 3 is 2.76 bits per heavy atom. The number of carbonyl (C=O) groups is 1. The van der Waals surface area contributed by atoms with Crippen LogP contribution < -0.4 is 5.32 Å². The van der Waals surface area contributed by atoms with E-state index in [4.69, 9.17) is 0 Å². The van der Waals surface area contributed by atoms with Crippen molar-refractivity contribution in [1.82, 2.24) is 4.98 Å². The maximum atomic E-state index is 11.8. The molecule has 86 valence electrons. The molecule has 1 heterocycles. The molecule has 0 bridgehead atoms. The number of anilines is 1. The highest BCUT2D eigenvalue weighted by Crippen LogP contribution is 2.14. The first-order valence-corrected chi connectivity index (χ1v) is 6.07. The van der Waals surface area contributed by atoms with Crippen molar-refractivity contribution in [1.29, 1.82) is 0 Å². The average Bonchev–Trinajstić information content (AvgIpc) is 2.83. The lowest BCUT2D eigenvalue weighted by molar-refractivity contribution is -0.112. The van der Waals surface area contributed by atoms with E-state index in [1.807, 2.05) is 36.4 Å². The predicted octanol–water partition coefficient (Wildman–Crippen LogP) is 3.19. The molecule has 1 aromatic carbocycles. The van der Waals surface area contributed by atoms with Crippen LogP contribution in [0, 0.1) is 0 Å². The van der Waals surface area contributed by atoms with E-state index < -0.39 is 0 Å². The predicted molar refractivity (Wildman–Crippen MR) is 70.8 cm³/mol. The van der Waals surface area contributed by atoms with E-state index in [1.165, 1.54) is 11.3 Å². The lowest BCUT2D eigenvalue weighted by atomic mass is 10.1. The van der Waals surface area contributed by atoms with Crippen molar-refractivity contribution in [2.24, 2.45) is 0 Å². The molecule has 17 heavy (non-hydrogen) atoms. The van der Waals surface area contributed by atoms with Crippen molar-refractivity contribution < 1.29 is 4.79 Å². The molecule has 0 saturated carbocycles. The minimum absolute atomic E-state index is 0.0990. The van der Waals surface area contributed by atoms with Crippen LogP contribution in [-0.2, 0) is 4.79 Å².